The van der Waals surface area contributed by atoms with Gasteiger partial charge >= 0.3 is 12.1 Å². The van der Waals surface area contributed by atoms with Crippen LogP contribution < -0.4 is 0 Å². The van der Waals surface area contributed by atoms with E-state index in [1.807, 2.05) is 46.3 Å². The fourth-order valence-electron chi connectivity index (χ4n) is 4.74. The van der Waals surface area contributed by atoms with Gasteiger partial charge in [0, 0.05) is 45.0 Å². The summed E-state index contributed by atoms with van der Waals surface area (Å²) in [5.41, 5.74) is 2.07. The predicted octanol–water partition coefficient (Wildman–Crippen LogP) is 4.79. The van der Waals surface area contributed by atoms with Crippen LogP contribution in [0.15, 0.2) is 12.3 Å². The second-order valence-corrected chi connectivity index (χ2v) is 12.0. The number of amides is 1. The lowest BCUT2D eigenvalue weighted by Crippen LogP contribution is -2.38. The van der Waals surface area contributed by atoms with Crippen molar-refractivity contribution in [3.8, 4) is 0 Å². The number of aromatic nitrogens is 2. The lowest BCUT2D eigenvalue weighted by Gasteiger charge is -2.35. The number of carboxylic acids is 1. The van der Waals surface area contributed by atoms with Crippen molar-refractivity contribution in [2.24, 2.45) is 11.3 Å². The third-order valence-electron chi connectivity index (χ3n) is 7.07. The molecule has 1 aromatic rings. The Morgan fingerprint density at radius 1 is 1.25 bits per heavy atom. The van der Waals surface area contributed by atoms with Gasteiger partial charge < -0.3 is 24.4 Å². The molecule has 1 amide bonds. The first kappa shape index (κ1) is 28.2. The normalized spacial score (nSPS) is 22.3. The van der Waals surface area contributed by atoms with E-state index in [0.29, 0.717) is 32.5 Å². The number of rotatable bonds is 8. The molecule has 0 saturated carbocycles. The molecule has 0 bridgehead atoms. The van der Waals surface area contributed by atoms with Gasteiger partial charge in [-0.1, -0.05) is 19.9 Å². The molecule has 2 atom stereocenters. The van der Waals surface area contributed by atoms with Crippen molar-refractivity contribution in [1.29, 1.82) is 0 Å². The summed E-state index contributed by atoms with van der Waals surface area (Å²) in [6.07, 6.45) is 8.02. The minimum absolute atomic E-state index is 0.0919. The van der Waals surface area contributed by atoms with Crippen molar-refractivity contribution in [2.45, 2.75) is 85.1 Å². The van der Waals surface area contributed by atoms with Gasteiger partial charge in [0.05, 0.1) is 11.6 Å². The summed E-state index contributed by atoms with van der Waals surface area (Å²) < 4.78 is 13.3. The van der Waals surface area contributed by atoms with Gasteiger partial charge in [-0.2, -0.15) is 5.10 Å². The highest BCUT2D eigenvalue weighted by molar-refractivity contribution is 5.77. The van der Waals surface area contributed by atoms with Gasteiger partial charge in [0.2, 0.25) is 0 Å². The predicted molar refractivity (Wildman–Crippen MR) is 138 cm³/mol. The van der Waals surface area contributed by atoms with Crippen LogP contribution in [0.3, 0.4) is 0 Å². The summed E-state index contributed by atoms with van der Waals surface area (Å²) in [6, 6.07) is 0. The molecule has 1 aliphatic carbocycles. The van der Waals surface area contributed by atoms with Crippen molar-refractivity contribution < 1.29 is 24.2 Å². The highest BCUT2D eigenvalue weighted by Gasteiger charge is 2.39. The maximum absolute atomic E-state index is 12.3. The summed E-state index contributed by atoms with van der Waals surface area (Å²) in [4.78, 5) is 28.1. The van der Waals surface area contributed by atoms with Gasteiger partial charge in [-0.05, 0) is 70.9 Å². The highest BCUT2D eigenvalue weighted by atomic mass is 16.6. The van der Waals surface area contributed by atoms with Gasteiger partial charge in [-0.25, -0.2) is 9.48 Å². The van der Waals surface area contributed by atoms with Crippen molar-refractivity contribution in [3.05, 3.63) is 23.5 Å². The van der Waals surface area contributed by atoms with Crippen molar-refractivity contribution in [3.63, 3.8) is 0 Å². The third kappa shape index (κ3) is 7.32. The van der Waals surface area contributed by atoms with Crippen LogP contribution in [0.25, 0.3) is 5.57 Å². The maximum atomic E-state index is 12.3. The van der Waals surface area contributed by atoms with Crippen LogP contribution in [-0.4, -0.2) is 76.1 Å². The Labute approximate surface area is 215 Å². The molecule has 0 radical (unpaired) electrons. The monoisotopic (exact) mass is 504 g/mol. The topological polar surface area (TPSA) is 97.1 Å². The number of ether oxygens (including phenoxy) is 2. The number of nitrogens with zero attached hydrogens (tertiary/aromatic N) is 4. The summed E-state index contributed by atoms with van der Waals surface area (Å²) in [6.45, 7) is 12.1. The Morgan fingerprint density at radius 3 is 2.58 bits per heavy atom. The number of carbonyl (C=O) groups is 2. The molecule has 1 fully saturated rings. The molecule has 1 unspecified atom stereocenters. The molecule has 1 aromatic heterocycles. The Kier molecular flexibility index (Phi) is 8.88. The number of allylic oxidation sites excluding steroid dienone is 2. The van der Waals surface area contributed by atoms with Crippen molar-refractivity contribution in [2.75, 3.05) is 33.8 Å². The Bertz CT molecular complexity index is 956. The number of carbonyl (C=O) groups excluding carboxylic acids is 1. The molecule has 1 N–H and O–H groups in total. The fourth-order valence-corrected chi connectivity index (χ4v) is 4.74. The van der Waals surface area contributed by atoms with E-state index in [9.17, 15) is 14.7 Å². The van der Waals surface area contributed by atoms with Crippen LogP contribution in [0.5, 0.6) is 0 Å². The molecule has 9 nitrogen and oxygen atoms in total. The second kappa shape index (κ2) is 11.3. The molecule has 9 heteroatoms. The molecule has 202 valence electrons. The molecule has 3 rings (SSSR count). The standard InChI is InChI=1S/C27H44N4O5/c1-26(2,3)36-25(34)30(7)14-13-29(6)17-20-18-31(22-10-8-9-15-35-22)28-23(20)19-11-12-27(4,5)21(16-19)24(32)33/h11,18,21-22H,8-10,12-17H2,1-7H3,(H,32,33)/t21-,22?/m0/s1. The van der Waals surface area contributed by atoms with Crippen LogP contribution in [0.2, 0.25) is 0 Å². The van der Waals surface area contributed by atoms with Gasteiger partial charge in [-0.3, -0.25) is 4.79 Å². The summed E-state index contributed by atoms with van der Waals surface area (Å²) in [5, 5.41) is 14.8. The average Bonchev–Trinajstić information content (AvgIpc) is 3.20. The lowest BCUT2D eigenvalue weighted by atomic mass is 9.69. The van der Waals surface area contributed by atoms with E-state index in [2.05, 4.69) is 17.2 Å². The molecular weight excluding hydrogens is 460 g/mol. The number of likely N-dealkylation sites (N-methyl/N-ethyl adjacent to an activating group) is 2. The van der Waals surface area contributed by atoms with E-state index in [0.717, 1.165) is 42.7 Å². The molecule has 1 aliphatic heterocycles. The Balaban J connectivity index is 1.77. The van der Waals surface area contributed by atoms with Crippen LogP contribution in [0, 0.1) is 11.3 Å². The molecule has 1 saturated heterocycles. The SMILES string of the molecule is CN(CCN(C)C(=O)OC(C)(C)C)Cc1cn(C2CCCCO2)nc1C1=CCC(C)(C)[C@H](C(=O)O)C1. The Hall–Kier alpha value is -2.39. The first-order valence-electron chi connectivity index (χ1n) is 13.0. The number of aliphatic carboxylic acids is 1. The van der Waals surface area contributed by atoms with E-state index in [4.69, 9.17) is 14.6 Å². The average molecular weight is 505 g/mol. The van der Waals surface area contributed by atoms with E-state index in [-0.39, 0.29) is 17.7 Å². The molecule has 36 heavy (non-hydrogen) atoms. The van der Waals surface area contributed by atoms with Crippen LogP contribution in [-0.2, 0) is 20.8 Å². The maximum Gasteiger partial charge on any atom is 0.410 e. The zero-order valence-corrected chi connectivity index (χ0v) is 23.0. The van der Waals surface area contributed by atoms with Gasteiger partial charge in [0.15, 0.2) is 0 Å². The smallest absolute Gasteiger partial charge is 0.410 e. The van der Waals surface area contributed by atoms with E-state index in [1.165, 1.54) is 0 Å². The van der Waals surface area contributed by atoms with Gasteiger partial charge in [0.25, 0.3) is 0 Å². The van der Waals surface area contributed by atoms with Crippen molar-refractivity contribution >= 4 is 17.6 Å². The number of hydrogen-bond acceptors (Lipinski definition) is 6. The minimum Gasteiger partial charge on any atom is -0.481 e. The van der Waals surface area contributed by atoms with Crippen LogP contribution in [0.1, 0.15) is 84.2 Å². The van der Waals surface area contributed by atoms with Gasteiger partial charge in [0.1, 0.15) is 11.8 Å². The molecule has 2 heterocycles. The molecule has 2 aliphatic rings. The van der Waals surface area contributed by atoms with E-state index in [1.54, 1.807) is 11.9 Å². The summed E-state index contributed by atoms with van der Waals surface area (Å²) in [7, 11) is 3.76. The largest absolute Gasteiger partial charge is 0.481 e. The summed E-state index contributed by atoms with van der Waals surface area (Å²) in [5.74, 6) is -1.22. The first-order valence-corrected chi connectivity index (χ1v) is 13.0. The van der Waals surface area contributed by atoms with E-state index >= 15 is 0 Å². The third-order valence-corrected chi connectivity index (χ3v) is 7.07. The second-order valence-electron chi connectivity index (χ2n) is 12.0. The number of hydrogen-bond donors (Lipinski definition) is 1. The molecule has 0 aromatic carbocycles. The van der Waals surface area contributed by atoms with Crippen LogP contribution in [0.4, 0.5) is 4.79 Å². The summed E-state index contributed by atoms with van der Waals surface area (Å²) >= 11 is 0. The van der Waals surface area contributed by atoms with Gasteiger partial charge in [-0.15, -0.1) is 0 Å². The zero-order chi connectivity index (χ0) is 26.7. The number of carboxylic acid groups (broad SMARTS) is 1. The molecular formula is C27H44N4O5. The fraction of sp³-hybridized carbons (Fsp3) is 0.741. The lowest BCUT2D eigenvalue weighted by molar-refractivity contribution is -0.145. The van der Waals surface area contributed by atoms with E-state index < -0.39 is 17.5 Å². The Morgan fingerprint density at radius 2 is 1.97 bits per heavy atom. The highest BCUT2D eigenvalue weighted by Crippen LogP contribution is 2.43. The van der Waals surface area contributed by atoms with Crippen molar-refractivity contribution in [1.82, 2.24) is 19.6 Å². The molecule has 0 spiro atoms. The van der Waals surface area contributed by atoms with Crippen LogP contribution >= 0.6 is 0 Å². The minimum atomic E-state index is -0.760. The zero-order valence-electron chi connectivity index (χ0n) is 23.0. The first-order chi connectivity index (χ1) is 16.8. The quantitative estimate of drug-likeness (QED) is 0.544.